The van der Waals surface area contributed by atoms with Crippen LogP contribution in [0.15, 0.2) is 30.3 Å². The van der Waals surface area contributed by atoms with E-state index in [2.05, 4.69) is 57.5 Å². The first kappa shape index (κ1) is 15.7. The van der Waals surface area contributed by atoms with E-state index in [0.29, 0.717) is 0 Å². The predicted molar refractivity (Wildman–Crippen MR) is 88.5 cm³/mol. The van der Waals surface area contributed by atoms with Crippen molar-refractivity contribution in [3.63, 3.8) is 0 Å². The van der Waals surface area contributed by atoms with Crippen molar-refractivity contribution in [1.29, 1.82) is 0 Å². The van der Waals surface area contributed by atoms with Gasteiger partial charge in [0.1, 0.15) is 0 Å². The summed E-state index contributed by atoms with van der Waals surface area (Å²) in [7, 11) is 0. The van der Waals surface area contributed by atoms with Gasteiger partial charge < -0.3 is 0 Å². The van der Waals surface area contributed by atoms with Gasteiger partial charge in [0.15, 0.2) is 0 Å². The molecule has 0 aliphatic rings. The second-order valence-corrected chi connectivity index (χ2v) is 14.1. The zero-order valence-corrected chi connectivity index (χ0v) is 13.7. The molecule has 1 rings (SSSR count). The summed E-state index contributed by atoms with van der Waals surface area (Å²) in [5, 5.41) is 0. The molecule has 0 N–H and O–H groups in total. The summed E-state index contributed by atoms with van der Waals surface area (Å²) in [6, 6.07) is 11.1. The van der Waals surface area contributed by atoms with Crippen LogP contribution in [0.3, 0.4) is 0 Å². The van der Waals surface area contributed by atoms with Gasteiger partial charge in [-0.3, -0.25) is 0 Å². The van der Waals surface area contributed by atoms with Crippen LogP contribution in [0.4, 0.5) is 0 Å². The van der Waals surface area contributed by atoms with Crippen molar-refractivity contribution >= 4 is 6.60 Å². The number of rotatable bonds is 8. The molecule has 1 aromatic carbocycles. The van der Waals surface area contributed by atoms with Gasteiger partial charge in [0.2, 0.25) is 0 Å². The van der Waals surface area contributed by atoms with E-state index < -0.39 is 6.60 Å². The van der Waals surface area contributed by atoms with Crippen molar-refractivity contribution in [3.05, 3.63) is 35.9 Å². The van der Waals surface area contributed by atoms with Crippen molar-refractivity contribution in [2.75, 3.05) is 25.7 Å². The second-order valence-electron chi connectivity index (χ2n) is 6.81. The van der Waals surface area contributed by atoms with Gasteiger partial charge in [-0.15, -0.1) is 0 Å². The first-order valence-electron chi connectivity index (χ1n) is 7.52. The average Bonchev–Trinajstić information content (AvgIpc) is 2.36. The van der Waals surface area contributed by atoms with Crippen molar-refractivity contribution < 1.29 is 0 Å². The van der Waals surface area contributed by atoms with Gasteiger partial charge in [0.25, 0.3) is 0 Å². The number of hydrogen-bond acceptors (Lipinski definition) is 0. The molecule has 0 spiro atoms. The monoisotopic (exact) mass is 266 g/mol. The van der Waals surface area contributed by atoms with E-state index >= 15 is 0 Å². The maximum absolute atomic E-state index is 2.63. The molecule has 0 amide bonds. The number of benzene rings is 1. The third-order valence-electron chi connectivity index (χ3n) is 4.12. The van der Waals surface area contributed by atoms with Crippen LogP contribution in [-0.4, -0.2) is 25.7 Å². The molecule has 0 atom stereocenters. The maximum atomic E-state index is 2.63. The molecule has 1 aromatic rings. The molecule has 0 unspecified atom stereocenters. The summed E-state index contributed by atoms with van der Waals surface area (Å²) in [4.78, 5) is 0. The Morgan fingerprint density at radius 2 is 1.33 bits per heavy atom. The molecule has 0 bridgehead atoms. The Hall–Kier alpha value is -0.350. The van der Waals surface area contributed by atoms with Crippen molar-refractivity contribution in [2.45, 2.75) is 45.7 Å². The van der Waals surface area contributed by atoms with Gasteiger partial charge in [0.05, 0.1) is 0 Å². The van der Waals surface area contributed by atoms with Gasteiger partial charge in [-0.1, -0.05) is 0 Å². The zero-order valence-electron chi connectivity index (χ0n) is 12.8. The number of unbranched alkanes of at least 4 members (excludes halogenated alkanes) is 2. The van der Waals surface area contributed by atoms with E-state index in [1.54, 1.807) is 5.56 Å². The Balaban J connectivity index is 2.82. The first-order valence-corrected chi connectivity index (χ1v) is 11.2. The van der Waals surface area contributed by atoms with Crippen molar-refractivity contribution in [2.24, 2.45) is 0 Å². The quantitative estimate of drug-likeness (QED) is 0.537. The molecule has 104 valence electrons. The number of hydrogen-bond donors (Lipinski definition) is 0. The van der Waals surface area contributed by atoms with Crippen LogP contribution >= 0.6 is 6.60 Å². The Kier molecular flexibility index (Phi) is 5.86. The molecular weight excluding hydrogens is 235 g/mol. The Morgan fingerprint density at radius 3 is 1.78 bits per heavy atom. The topological polar surface area (TPSA) is 0 Å². The normalized spacial score (nSPS) is 14.1. The fourth-order valence-corrected chi connectivity index (χ4v) is 7.66. The van der Waals surface area contributed by atoms with Gasteiger partial charge in [-0.25, -0.2) is 0 Å². The molecule has 0 fully saturated rings. The fraction of sp³-hybridized carbons (Fsp3) is 0.647. The predicted octanol–water partition coefficient (Wildman–Crippen LogP) is 5.60. The van der Waals surface area contributed by atoms with Crippen LogP contribution in [0.25, 0.3) is 0 Å². The Labute approximate surface area is 114 Å². The van der Waals surface area contributed by atoms with E-state index in [4.69, 9.17) is 0 Å². The minimum atomic E-state index is -1.51. The standard InChI is InChI=1S/C17H31P/c1-5-7-14-18(3,4,15-8-6-2)16-17-12-10-9-11-13-17/h9-13H,5-8,14-16H2,1-4H3. The van der Waals surface area contributed by atoms with Crippen molar-refractivity contribution in [3.8, 4) is 0 Å². The molecule has 0 nitrogen and oxygen atoms in total. The van der Waals surface area contributed by atoms with E-state index in [1.807, 2.05) is 0 Å². The molecule has 0 saturated heterocycles. The van der Waals surface area contributed by atoms with Gasteiger partial charge in [0, 0.05) is 0 Å². The molecule has 0 radical (unpaired) electrons. The van der Waals surface area contributed by atoms with E-state index in [-0.39, 0.29) is 0 Å². The summed E-state index contributed by atoms with van der Waals surface area (Å²) < 4.78 is 0. The average molecular weight is 266 g/mol. The third-order valence-corrected chi connectivity index (χ3v) is 9.25. The second kappa shape index (κ2) is 6.71. The summed E-state index contributed by atoms with van der Waals surface area (Å²) in [5.41, 5.74) is 1.55. The summed E-state index contributed by atoms with van der Waals surface area (Å²) in [5.74, 6) is 0. The Morgan fingerprint density at radius 1 is 0.833 bits per heavy atom. The summed E-state index contributed by atoms with van der Waals surface area (Å²) >= 11 is 0. The van der Waals surface area contributed by atoms with Gasteiger partial charge in [-0.05, 0) is 0 Å². The minimum absolute atomic E-state index is 1.33. The first-order chi connectivity index (χ1) is 8.48. The molecule has 0 heterocycles. The van der Waals surface area contributed by atoms with Crippen LogP contribution in [0, 0.1) is 0 Å². The van der Waals surface area contributed by atoms with Crippen LogP contribution < -0.4 is 0 Å². The van der Waals surface area contributed by atoms with Crippen LogP contribution in [0.5, 0.6) is 0 Å². The van der Waals surface area contributed by atoms with E-state index in [9.17, 15) is 0 Å². The molecule has 0 aliphatic heterocycles. The van der Waals surface area contributed by atoms with Gasteiger partial charge in [-0.2, -0.15) is 0 Å². The van der Waals surface area contributed by atoms with Crippen molar-refractivity contribution in [1.82, 2.24) is 0 Å². The van der Waals surface area contributed by atoms with E-state index in [1.165, 1.54) is 44.2 Å². The molecular formula is C17H31P. The van der Waals surface area contributed by atoms with Gasteiger partial charge >= 0.3 is 114 Å². The third kappa shape index (κ3) is 5.11. The van der Waals surface area contributed by atoms with E-state index in [0.717, 1.165) is 0 Å². The molecule has 0 aromatic heterocycles. The molecule has 18 heavy (non-hydrogen) atoms. The summed E-state index contributed by atoms with van der Waals surface area (Å²) in [6.07, 6.45) is 9.75. The van der Waals surface area contributed by atoms with Crippen LogP contribution in [0.1, 0.15) is 45.1 Å². The van der Waals surface area contributed by atoms with Crippen LogP contribution in [-0.2, 0) is 6.16 Å². The fourth-order valence-electron chi connectivity index (χ4n) is 2.87. The summed E-state index contributed by atoms with van der Waals surface area (Å²) in [6.45, 7) is 8.39. The zero-order chi connectivity index (χ0) is 13.5. The molecule has 0 saturated carbocycles. The Bertz CT molecular complexity index is 328. The van der Waals surface area contributed by atoms with Crippen LogP contribution in [0.2, 0.25) is 0 Å². The SMILES string of the molecule is CCCCP(C)(C)(CCCC)Cc1ccccc1. The molecule has 1 heteroatoms. The molecule has 0 aliphatic carbocycles.